The lowest BCUT2D eigenvalue weighted by molar-refractivity contribution is 0.214. The van der Waals surface area contributed by atoms with Crippen LogP contribution >= 0.6 is 0 Å². The highest BCUT2D eigenvalue weighted by Crippen LogP contribution is 2.31. The SMILES string of the molecule is CCOc1cccc(C(O)c2ccccc2OC)c1. The van der Waals surface area contributed by atoms with Gasteiger partial charge in [-0.1, -0.05) is 30.3 Å². The van der Waals surface area contributed by atoms with Gasteiger partial charge < -0.3 is 14.6 Å². The van der Waals surface area contributed by atoms with Gasteiger partial charge in [0.2, 0.25) is 0 Å². The molecule has 100 valence electrons. The molecule has 0 aromatic heterocycles. The van der Waals surface area contributed by atoms with E-state index in [0.29, 0.717) is 12.4 Å². The molecule has 2 aromatic carbocycles. The van der Waals surface area contributed by atoms with Crippen molar-refractivity contribution in [1.82, 2.24) is 0 Å². The molecule has 0 aliphatic carbocycles. The molecule has 0 amide bonds. The summed E-state index contributed by atoms with van der Waals surface area (Å²) in [5.74, 6) is 1.44. The number of rotatable bonds is 5. The number of benzene rings is 2. The fourth-order valence-corrected chi connectivity index (χ4v) is 2.01. The summed E-state index contributed by atoms with van der Waals surface area (Å²) < 4.78 is 10.7. The van der Waals surface area contributed by atoms with E-state index in [9.17, 15) is 5.11 Å². The summed E-state index contributed by atoms with van der Waals surface area (Å²) in [7, 11) is 1.60. The van der Waals surface area contributed by atoms with Crippen molar-refractivity contribution in [3.8, 4) is 11.5 Å². The lowest BCUT2D eigenvalue weighted by atomic mass is 10.0. The smallest absolute Gasteiger partial charge is 0.125 e. The van der Waals surface area contributed by atoms with Crippen molar-refractivity contribution in [2.24, 2.45) is 0 Å². The summed E-state index contributed by atoms with van der Waals surface area (Å²) in [6, 6.07) is 14.9. The van der Waals surface area contributed by atoms with Gasteiger partial charge in [-0.3, -0.25) is 0 Å². The predicted octanol–water partition coefficient (Wildman–Crippen LogP) is 3.18. The van der Waals surface area contributed by atoms with E-state index in [4.69, 9.17) is 9.47 Å². The summed E-state index contributed by atoms with van der Waals surface area (Å²) >= 11 is 0. The third-order valence-corrected chi connectivity index (χ3v) is 2.92. The first kappa shape index (κ1) is 13.4. The number of hydrogen-bond acceptors (Lipinski definition) is 3. The summed E-state index contributed by atoms with van der Waals surface area (Å²) in [4.78, 5) is 0. The number of methoxy groups -OCH3 is 1. The molecule has 2 aromatic rings. The standard InChI is InChI=1S/C16H18O3/c1-3-19-13-8-6-7-12(11-13)16(17)14-9-4-5-10-15(14)18-2/h4-11,16-17H,3H2,1-2H3. The van der Waals surface area contributed by atoms with Crippen LogP contribution in [-0.2, 0) is 0 Å². The number of ether oxygens (including phenoxy) is 2. The molecule has 0 fully saturated rings. The normalized spacial score (nSPS) is 11.9. The average Bonchev–Trinajstić information content (AvgIpc) is 2.47. The van der Waals surface area contributed by atoms with E-state index in [2.05, 4.69) is 0 Å². The summed E-state index contributed by atoms with van der Waals surface area (Å²) in [6.45, 7) is 2.54. The molecule has 0 heterocycles. The minimum absolute atomic E-state index is 0.605. The minimum atomic E-state index is -0.725. The van der Waals surface area contributed by atoms with Gasteiger partial charge in [0.1, 0.15) is 17.6 Å². The van der Waals surface area contributed by atoms with Gasteiger partial charge in [0.25, 0.3) is 0 Å². The van der Waals surface area contributed by atoms with Gasteiger partial charge in [-0.05, 0) is 30.7 Å². The second-order valence-electron chi connectivity index (χ2n) is 4.15. The largest absolute Gasteiger partial charge is 0.496 e. The molecule has 0 saturated carbocycles. The molecule has 3 nitrogen and oxygen atoms in total. The molecule has 0 aliphatic rings. The molecule has 0 spiro atoms. The quantitative estimate of drug-likeness (QED) is 0.895. The van der Waals surface area contributed by atoms with Crippen molar-refractivity contribution in [3.63, 3.8) is 0 Å². The van der Waals surface area contributed by atoms with Crippen LogP contribution in [-0.4, -0.2) is 18.8 Å². The lowest BCUT2D eigenvalue weighted by Crippen LogP contribution is -2.03. The third kappa shape index (κ3) is 3.06. The fraction of sp³-hybridized carbons (Fsp3) is 0.250. The summed E-state index contributed by atoms with van der Waals surface area (Å²) in [5, 5.41) is 10.5. The molecular weight excluding hydrogens is 240 g/mol. The van der Waals surface area contributed by atoms with Crippen LogP contribution in [0.2, 0.25) is 0 Å². The number of para-hydroxylation sites is 1. The molecule has 1 unspecified atom stereocenters. The van der Waals surface area contributed by atoms with Gasteiger partial charge in [-0.2, -0.15) is 0 Å². The second kappa shape index (κ2) is 6.25. The minimum Gasteiger partial charge on any atom is -0.496 e. The van der Waals surface area contributed by atoms with Crippen molar-refractivity contribution < 1.29 is 14.6 Å². The topological polar surface area (TPSA) is 38.7 Å². The van der Waals surface area contributed by atoms with Crippen molar-refractivity contribution in [2.75, 3.05) is 13.7 Å². The molecule has 0 saturated heterocycles. The van der Waals surface area contributed by atoms with Crippen LogP contribution in [0.5, 0.6) is 11.5 Å². The third-order valence-electron chi connectivity index (χ3n) is 2.92. The molecule has 1 atom stereocenters. The van der Waals surface area contributed by atoms with Crippen molar-refractivity contribution >= 4 is 0 Å². The maximum absolute atomic E-state index is 10.5. The Labute approximate surface area is 113 Å². The first-order chi connectivity index (χ1) is 9.26. The van der Waals surface area contributed by atoms with Crippen LogP contribution in [0.1, 0.15) is 24.2 Å². The molecule has 2 rings (SSSR count). The molecule has 1 N–H and O–H groups in total. The van der Waals surface area contributed by atoms with E-state index in [1.807, 2.05) is 55.5 Å². The average molecular weight is 258 g/mol. The van der Waals surface area contributed by atoms with Crippen LogP contribution < -0.4 is 9.47 Å². The number of aliphatic hydroxyl groups excluding tert-OH is 1. The molecule has 3 heteroatoms. The second-order valence-corrected chi connectivity index (χ2v) is 4.15. The zero-order valence-electron chi connectivity index (χ0n) is 11.2. The van der Waals surface area contributed by atoms with Gasteiger partial charge in [-0.25, -0.2) is 0 Å². The Kier molecular flexibility index (Phi) is 4.42. The Morgan fingerprint density at radius 1 is 1.11 bits per heavy atom. The Morgan fingerprint density at radius 3 is 2.63 bits per heavy atom. The van der Waals surface area contributed by atoms with Gasteiger partial charge in [0.05, 0.1) is 13.7 Å². The van der Waals surface area contributed by atoms with Gasteiger partial charge in [0, 0.05) is 5.56 Å². The molecule has 0 bridgehead atoms. The van der Waals surface area contributed by atoms with E-state index in [0.717, 1.165) is 16.9 Å². The molecule has 0 radical (unpaired) electrons. The lowest BCUT2D eigenvalue weighted by Gasteiger charge is -2.15. The number of aliphatic hydroxyl groups is 1. The highest BCUT2D eigenvalue weighted by Gasteiger charge is 2.15. The van der Waals surface area contributed by atoms with E-state index < -0.39 is 6.10 Å². The summed E-state index contributed by atoms with van der Waals surface area (Å²) in [6.07, 6.45) is -0.725. The van der Waals surface area contributed by atoms with Crippen molar-refractivity contribution in [2.45, 2.75) is 13.0 Å². The van der Waals surface area contributed by atoms with E-state index >= 15 is 0 Å². The molecule has 19 heavy (non-hydrogen) atoms. The van der Waals surface area contributed by atoms with Gasteiger partial charge >= 0.3 is 0 Å². The monoisotopic (exact) mass is 258 g/mol. The highest BCUT2D eigenvalue weighted by atomic mass is 16.5. The highest BCUT2D eigenvalue weighted by molar-refractivity contribution is 5.42. The van der Waals surface area contributed by atoms with E-state index in [1.165, 1.54) is 0 Å². The molecule has 0 aliphatic heterocycles. The van der Waals surface area contributed by atoms with Crippen LogP contribution in [0, 0.1) is 0 Å². The van der Waals surface area contributed by atoms with Crippen molar-refractivity contribution in [3.05, 3.63) is 59.7 Å². The Bertz CT molecular complexity index is 537. The Balaban J connectivity index is 2.32. The van der Waals surface area contributed by atoms with Crippen LogP contribution in [0.25, 0.3) is 0 Å². The van der Waals surface area contributed by atoms with E-state index in [-0.39, 0.29) is 0 Å². The zero-order valence-corrected chi connectivity index (χ0v) is 11.2. The Morgan fingerprint density at radius 2 is 1.89 bits per heavy atom. The summed E-state index contributed by atoms with van der Waals surface area (Å²) in [5.41, 5.74) is 1.54. The van der Waals surface area contributed by atoms with Crippen LogP contribution in [0.4, 0.5) is 0 Å². The van der Waals surface area contributed by atoms with Gasteiger partial charge in [0.15, 0.2) is 0 Å². The Hall–Kier alpha value is -2.00. The predicted molar refractivity (Wildman–Crippen MR) is 74.7 cm³/mol. The molecular formula is C16H18O3. The van der Waals surface area contributed by atoms with Gasteiger partial charge in [-0.15, -0.1) is 0 Å². The maximum Gasteiger partial charge on any atom is 0.125 e. The van der Waals surface area contributed by atoms with Crippen molar-refractivity contribution in [1.29, 1.82) is 0 Å². The first-order valence-corrected chi connectivity index (χ1v) is 6.30. The van der Waals surface area contributed by atoms with E-state index in [1.54, 1.807) is 7.11 Å². The maximum atomic E-state index is 10.5. The van der Waals surface area contributed by atoms with Crippen LogP contribution in [0.3, 0.4) is 0 Å². The first-order valence-electron chi connectivity index (χ1n) is 6.30. The van der Waals surface area contributed by atoms with Crippen LogP contribution in [0.15, 0.2) is 48.5 Å². The zero-order chi connectivity index (χ0) is 13.7. The number of hydrogen-bond donors (Lipinski definition) is 1. The fourth-order valence-electron chi connectivity index (χ4n) is 2.01.